The molecule has 1 saturated heterocycles. The van der Waals surface area contributed by atoms with Crippen LogP contribution in [0.3, 0.4) is 0 Å². The Morgan fingerprint density at radius 1 is 0.891 bits per heavy atom. The molecule has 0 radical (unpaired) electrons. The van der Waals surface area contributed by atoms with Crippen molar-refractivity contribution < 1.29 is 44.8 Å². The number of phenolic OH excluding ortho intramolecular Hbond substituents is 1. The number of aliphatic hydroxyl groups excluding tert-OH is 3. The highest BCUT2D eigenvalue weighted by molar-refractivity contribution is 5.64. The number of benzene rings is 2. The van der Waals surface area contributed by atoms with Crippen LogP contribution in [-0.2, 0) is 17.8 Å². The molecule has 1 aromatic heterocycles. The standard InChI is InChI=1S/C45H61NO9/c1-25-3-6-30-32(17-25)33-19-28(5-8-38(33)54-16-12-26-9-13-45(52,22-26)14-10-36(30)48)29-4-7-31-37(49)21-40(55-39(31)20-29)41-34(18-27-11-15-46-23-27)44(53-2)43(51)42(50)35(41)24-47/h5,8,11,15,19,23,25-26,29-32,36-37,39-40,46-52H,3-4,6-7,9-10,12-14,16-18,20-22,24H2,1-2H3/t25-,26-,29-,30+,31+,32-,36+,37+,39+,40+,45-/m1/s1. The Kier molecular flexibility index (Phi) is 11.2. The number of aromatic amines is 1. The zero-order valence-corrected chi connectivity index (χ0v) is 32.5. The molecule has 3 aliphatic carbocycles. The lowest BCUT2D eigenvalue weighted by molar-refractivity contribution is -0.154. The average Bonchev–Trinajstić information content (AvgIpc) is 3.84. The van der Waals surface area contributed by atoms with Gasteiger partial charge >= 0.3 is 0 Å². The molecule has 55 heavy (non-hydrogen) atoms. The van der Waals surface area contributed by atoms with Gasteiger partial charge in [-0.1, -0.05) is 25.5 Å². The third-order valence-corrected chi connectivity index (χ3v) is 14.4. The summed E-state index contributed by atoms with van der Waals surface area (Å²) < 4.78 is 19.2. The van der Waals surface area contributed by atoms with Gasteiger partial charge in [-0.3, -0.25) is 0 Å². The van der Waals surface area contributed by atoms with Gasteiger partial charge in [-0.05, 0) is 135 Å². The molecule has 0 spiro atoms. The molecule has 3 saturated carbocycles. The van der Waals surface area contributed by atoms with Crippen LogP contribution in [-0.4, -0.2) is 73.3 Å². The van der Waals surface area contributed by atoms with Gasteiger partial charge in [-0.2, -0.15) is 0 Å². The van der Waals surface area contributed by atoms with Crippen LogP contribution in [0.2, 0.25) is 0 Å². The molecule has 300 valence electrons. The number of H-pyrrole nitrogens is 1. The van der Waals surface area contributed by atoms with Crippen LogP contribution in [0, 0.1) is 23.7 Å². The molecular weight excluding hydrogens is 698 g/mol. The SMILES string of the molecule is COc1c(O)c(O)c(CO)c([C@@H]2C[C@H](O)[C@@H]3CC[C@@H](c4ccc5c(c4)[C@@H]4C[C@H](C)CC[C@@H]4[C@@H](O)CC[C@]4(O)CC[C@H](CCO5)C4)C[C@@H]3O2)c1Cc1cc[nH]c1. The van der Waals surface area contributed by atoms with Crippen LogP contribution in [0.5, 0.6) is 23.0 Å². The molecule has 2 bridgehead atoms. The van der Waals surface area contributed by atoms with Gasteiger partial charge in [0.25, 0.3) is 0 Å². The van der Waals surface area contributed by atoms with Gasteiger partial charge in [-0.15, -0.1) is 0 Å². The third-order valence-electron chi connectivity index (χ3n) is 14.4. The van der Waals surface area contributed by atoms with Crippen molar-refractivity contribution in [1.82, 2.24) is 4.98 Å². The van der Waals surface area contributed by atoms with Gasteiger partial charge in [0, 0.05) is 42.3 Å². The molecule has 7 N–H and O–H groups in total. The Labute approximate surface area is 324 Å². The monoisotopic (exact) mass is 759 g/mol. The second-order valence-corrected chi connectivity index (χ2v) is 17.9. The molecule has 2 aromatic carbocycles. The largest absolute Gasteiger partial charge is 0.504 e. The highest BCUT2D eigenvalue weighted by Gasteiger charge is 2.45. The van der Waals surface area contributed by atoms with Crippen LogP contribution >= 0.6 is 0 Å². The van der Waals surface area contributed by atoms with Crippen molar-refractivity contribution >= 4 is 0 Å². The van der Waals surface area contributed by atoms with E-state index in [2.05, 4.69) is 30.1 Å². The van der Waals surface area contributed by atoms with E-state index in [0.717, 1.165) is 69.1 Å². The summed E-state index contributed by atoms with van der Waals surface area (Å²) in [4.78, 5) is 3.07. The maximum atomic E-state index is 11.7. The van der Waals surface area contributed by atoms with Gasteiger partial charge in [0.05, 0.1) is 50.3 Å². The summed E-state index contributed by atoms with van der Waals surface area (Å²) in [6.07, 6.45) is 12.5. The number of aliphatic hydroxyl groups is 4. The lowest BCUT2D eigenvalue weighted by Gasteiger charge is -2.46. The number of aromatic nitrogens is 1. The van der Waals surface area contributed by atoms with Gasteiger partial charge in [0.15, 0.2) is 11.5 Å². The molecule has 8 rings (SSSR count). The zero-order chi connectivity index (χ0) is 38.4. The number of rotatable bonds is 6. The first-order valence-electron chi connectivity index (χ1n) is 20.9. The fourth-order valence-electron chi connectivity index (χ4n) is 11.5. The maximum Gasteiger partial charge on any atom is 0.201 e. The summed E-state index contributed by atoms with van der Waals surface area (Å²) >= 11 is 0. The van der Waals surface area contributed by atoms with Gasteiger partial charge in [0.2, 0.25) is 5.75 Å². The van der Waals surface area contributed by atoms with Gasteiger partial charge in [0.1, 0.15) is 5.75 Å². The minimum absolute atomic E-state index is 0.0498. The van der Waals surface area contributed by atoms with Crippen molar-refractivity contribution in [3.05, 3.63) is 70.0 Å². The molecular formula is C45H61NO9. The first-order chi connectivity index (χ1) is 26.6. The first-order valence-corrected chi connectivity index (χ1v) is 20.9. The molecule has 2 aliphatic heterocycles. The highest BCUT2D eigenvalue weighted by atomic mass is 16.5. The zero-order valence-electron chi connectivity index (χ0n) is 32.5. The van der Waals surface area contributed by atoms with Crippen LogP contribution in [0.4, 0.5) is 0 Å². The van der Waals surface area contributed by atoms with E-state index < -0.39 is 42.0 Å². The van der Waals surface area contributed by atoms with E-state index in [1.54, 1.807) is 0 Å². The van der Waals surface area contributed by atoms with E-state index >= 15 is 0 Å². The van der Waals surface area contributed by atoms with Gasteiger partial charge < -0.3 is 49.8 Å². The average molecular weight is 760 g/mol. The number of phenols is 2. The molecule has 5 aliphatic rings. The Morgan fingerprint density at radius 3 is 2.49 bits per heavy atom. The molecule has 0 unspecified atom stereocenters. The van der Waals surface area contributed by atoms with E-state index in [0.29, 0.717) is 61.7 Å². The summed E-state index contributed by atoms with van der Waals surface area (Å²) in [6.45, 7) is 2.41. The fourth-order valence-corrected chi connectivity index (χ4v) is 11.5. The number of hydrogen-bond acceptors (Lipinski definition) is 9. The smallest absolute Gasteiger partial charge is 0.201 e. The minimum atomic E-state index is -0.678. The van der Waals surface area contributed by atoms with Crippen molar-refractivity contribution in [3.8, 4) is 23.0 Å². The number of methoxy groups -OCH3 is 1. The molecule has 10 heteroatoms. The number of fused-ring (bicyclic) bond motifs is 6. The molecule has 11 atom stereocenters. The van der Waals surface area contributed by atoms with Crippen molar-refractivity contribution in [3.63, 3.8) is 0 Å². The minimum Gasteiger partial charge on any atom is -0.504 e. The van der Waals surface area contributed by atoms with Gasteiger partial charge in [-0.25, -0.2) is 0 Å². The third kappa shape index (κ3) is 7.62. The van der Waals surface area contributed by atoms with Crippen molar-refractivity contribution in [1.29, 1.82) is 0 Å². The predicted octanol–water partition coefficient (Wildman–Crippen LogP) is 7.27. The Balaban J connectivity index is 1.10. The van der Waals surface area contributed by atoms with Crippen LogP contribution in [0.1, 0.15) is 142 Å². The predicted molar refractivity (Wildman–Crippen MR) is 207 cm³/mol. The normalized spacial score (nSPS) is 35.2. The molecule has 4 fully saturated rings. The quantitative estimate of drug-likeness (QED) is 0.128. The van der Waals surface area contributed by atoms with Crippen molar-refractivity contribution in [2.45, 2.75) is 145 Å². The number of nitrogens with one attached hydrogen (secondary N) is 1. The first kappa shape index (κ1) is 38.6. The molecule has 0 amide bonds. The highest BCUT2D eigenvalue weighted by Crippen LogP contribution is 2.53. The Morgan fingerprint density at radius 2 is 1.71 bits per heavy atom. The summed E-state index contributed by atoms with van der Waals surface area (Å²) in [5.74, 6) is 1.54. The van der Waals surface area contributed by atoms with E-state index in [1.807, 2.05) is 18.5 Å². The summed E-state index contributed by atoms with van der Waals surface area (Å²) in [6, 6.07) is 8.62. The molecule has 3 heterocycles. The van der Waals surface area contributed by atoms with Crippen LogP contribution in [0.15, 0.2) is 36.7 Å². The second-order valence-electron chi connectivity index (χ2n) is 17.9. The summed E-state index contributed by atoms with van der Waals surface area (Å²) in [5, 5.41) is 67.4. The second kappa shape index (κ2) is 15.9. The Hall–Kier alpha value is -3.28. The number of hydrogen-bond donors (Lipinski definition) is 7. The lowest BCUT2D eigenvalue weighted by Crippen LogP contribution is -2.44. The maximum absolute atomic E-state index is 11.7. The van der Waals surface area contributed by atoms with Crippen molar-refractivity contribution in [2.24, 2.45) is 23.7 Å². The van der Waals surface area contributed by atoms with E-state index in [9.17, 15) is 30.6 Å². The van der Waals surface area contributed by atoms with Crippen LogP contribution in [0.25, 0.3) is 0 Å². The van der Waals surface area contributed by atoms with E-state index in [4.69, 9.17) is 14.2 Å². The van der Waals surface area contributed by atoms with Crippen molar-refractivity contribution in [2.75, 3.05) is 13.7 Å². The number of ether oxygens (including phenoxy) is 3. The summed E-state index contributed by atoms with van der Waals surface area (Å²) in [5.41, 5.74) is 4.01. The number of aromatic hydroxyl groups is 2. The Bertz CT molecular complexity index is 1800. The lowest BCUT2D eigenvalue weighted by atomic mass is 9.67. The fraction of sp³-hybridized carbons (Fsp3) is 0.644. The van der Waals surface area contributed by atoms with E-state index in [-0.39, 0.29) is 41.1 Å². The molecule has 3 aromatic rings. The summed E-state index contributed by atoms with van der Waals surface area (Å²) in [7, 11) is 1.45. The van der Waals surface area contributed by atoms with Crippen LogP contribution < -0.4 is 9.47 Å². The molecule has 10 nitrogen and oxygen atoms in total. The van der Waals surface area contributed by atoms with E-state index in [1.165, 1.54) is 18.2 Å². The topological polar surface area (TPSA) is 165 Å².